The molecule has 0 unspecified atom stereocenters. The lowest BCUT2D eigenvalue weighted by molar-refractivity contribution is 0.207. The van der Waals surface area contributed by atoms with E-state index in [4.69, 9.17) is 9.52 Å². The van der Waals surface area contributed by atoms with E-state index in [0.717, 1.165) is 12.4 Å². The lowest BCUT2D eigenvalue weighted by Crippen LogP contribution is -2.44. The summed E-state index contributed by atoms with van der Waals surface area (Å²) < 4.78 is 6.19. The second-order valence-corrected chi connectivity index (χ2v) is 8.43. The molecule has 0 fully saturated rings. The first kappa shape index (κ1) is 16.5. The van der Waals surface area contributed by atoms with E-state index in [0.29, 0.717) is 12.0 Å². The second kappa shape index (κ2) is 6.46. The maximum absolute atomic E-state index is 6.19. The molecule has 1 aromatic carbocycles. The van der Waals surface area contributed by atoms with Crippen molar-refractivity contribution < 1.29 is 4.52 Å². The minimum absolute atomic E-state index is 0.336. The molecule has 0 saturated heterocycles. The van der Waals surface area contributed by atoms with Gasteiger partial charge in [-0.15, -0.1) is 0 Å². The van der Waals surface area contributed by atoms with Gasteiger partial charge in [0.1, 0.15) is 11.4 Å². The largest absolute Gasteiger partial charge is 0.346 e. The molecule has 0 bridgehead atoms. The fraction of sp³-hybridized carbons (Fsp3) is 0.588. The number of hydrogen-bond donors (Lipinski definition) is 0. The fourth-order valence-corrected chi connectivity index (χ4v) is 3.71. The zero-order chi connectivity index (χ0) is 15.6. The molecule has 1 atom stereocenters. The maximum atomic E-state index is 6.19. The van der Waals surface area contributed by atoms with Crippen LogP contribution in [0.25, 0.3) is 0 Å². The van der Waals surface area contributed by atoms with E-state index in [2.05, 4.69) is 76.3 Å². The number of hydrogen-bond acceptors (Lipinski definition) is 3. The molecule has 1 aliphatic rings. The van der Waals surface area contributed by atoms with Gasteiger partial charge in [0.2, 0.25) is 0 Å². The van der Waals surface area contributed by atoms with Crippen LogP contribution in [0.2, 0.25) is 0 Å². The van der Waals surface area contributed by atoms with Crippen LogP contribution in [0.5, 0.6) is 0 Å². The van der Waals surface area contributed by atoms with E-state index in [-0.39, 0.29) is 5.60 Å². The highest BCUT2D eigenvalue weighted by molar-refractivity contribution is 7.50. The Kier molecular flexibility index (Phi) is 5.06. The first-order valence-electron chi connectivity index (χ1n) is 7.58. The molecular weight excluding hydrogens is 279 g/mol. The zero-order valence-electron chi connectivity index (χ0n) is 14.0. The first-order chi connectivity index (χ1) is 9.81. The van der Waals surface area contributed by atoms with Gasteiger partial charge in [-0.1, -0.05) is 32.0 Å². The monoisotopic (exact) mass is 306 g/mol. The number of para-hydroxylation sites is 1. The number of nitrogens with zero attached hydrogens (tertiary/aromatic N) is 2. The van der Waals surface area contributed by atoms with Gasteiger partial charge in [0.25, 0.3) is 0 Å². The van der Waals surface area contributed by atoms with E-state index >= 15 is 0 Å². The molecule has 0 aromatic heterocycles. The van der Waals surface area contributed by atoms with Crippen LogP contribution in [-0.4, -0.2) is 37.4 Å². The quantitative estimate of drug-likeness (QED) is 0.754. The molecule has 0 spiro atoms. The van der Waals surface area contributed by atoms with E-state index in [1.807, 2.05) is 0 Å². The Morgan fingerprint density at radius 3 is 2.38 bits per heavy atom. The van der Waals surface area contributed by atoms with Crippen LogP contribution in [0, 0.1) is 5.92 Å². The highest BCUT2D eigenvalue weighted by atomic mass is 31.1. The van der Waals surface area contributed by atoms with Crippen LogP contribution in [0.4, 0.5) is 5.69 Å². The number of amidine groups is 1. The molecule has 1 aliphatic heterocycles. The Morgan fingerprint density at radius 2 is 1.86 bits per heavy atom. The Labute approximate surface area is 130 Å². The van der Waals surface area contributed by atoms with Crippen molar-refractivity contribution in [1.82, 2.24) is 0 Å². The van der Waals surface area contributed by atoms with Crippen LogP contribution in [0.1, 0.15) is 27.7 Å². The van der Waals surface area contributed by atoms with Gasteiger partial charge in [-0.3, -0.25) is 4.99 Å². The average molecular weight is 306 g/mol. The van der Waals surface area contributed by atoms with Crippen molar-refractivity contribution in [3.8, 4) is 0 Å². The summed E-state index contributed by atoms with van der Waals surface area (Å²) in [6.07, 6.45) is 0. The van der Waals surface area contributed by atoms with Gasteiger partial charge in [-0.05, 0) is 45.2 Å². The zero-order valence-corrected chi connectivity index (χ0v) is 14.9. The minimum atomic E-state index is -0.430. The summed E-state index contributed by atoms with van der Waals surface area (Å²) in [6.45, 7) is 14.0. The number of rotatable bonds is 5. The average Bonchev–Trinajstić information content (AvgIpc) is 2.84. The normalized spacial score (nSPS) is 19.5. The molecular formula is C17H27N2OP. The summed E-state index contributed by atoms with van der Waals surface area (Å²) in [7, 11) is -0.430. The van der Waals surface area contributed by atoms with Gasteiger partial charge >= 0.3 is 0 Å². The highest BCUT2D eigenvalue weighted by Gasteiger charge is 2.38. The SMILES string of the molecule is CC(C)[C@H]1CN(c2ccccc2)C(C(C)(C)OP(C)C)=N1. The minimum Gasteiger partial charge on any atom is -0.346 e. The van der Waals surface area contributed by atoms with Crippen LogP contribution in [0.15, 0.2) is 35.3 Å². The number of anilines is 1. The van der Waals surface area contributed by atoms with Gasteiger partial charge in [0.15, 0.2) is 0 Å². The Balaban J connectivity index is 2.34. The summed E-state index contributed by atoms with van der Waals surface area (Å²) in [4.78, 5) is 7.32. The maximum Gasteiger partial charge on any atom is 0.136 e. The van der Waals surface area contributed by atoms with Gasteiger partial charge in [0, 0.05) is 20.4 Å². The molecule has 3 nitrogen and oxygen atoms in total. The smallest absolute Gasteiger partial charge is 0.136 e. The third-order valence-corrected chi connectivity index (χ3v) is 4.52. The molecule has 2 rings (SSSR count). The third kappa shape index (κ3) is 3.84. The van der Waals surface area contributed by atoms with E-state index in [9.17, 15) is 0 Å². The van der Waals surface area contributed by atoms with Crippen LogP contribution in [-0.2, 0) is 4.52 Å². The van der Waals surface area contributed by atoms with Gasteiger partial charge in [-0.2, -0.15) is 0 Å². The third-order valence-electron chi connectivity index (χ3n) is 3.70. The predicted molar refractivity (Wildman–Crippen MR) is 93.8 cm³/mol. The topological polar surface area (TPSA) is 24.8 Å². The predicted octanol–water partition coefficient (Wildman–Crippen LogP) is 4.38. The van der Waals surface area contributed by atoms with Crippen molar-refractivity contribution >= 4 is 19.7 Å². The lowest BCUT2D eigenvalue weighted by atomic mass is 10.1. The molecule has 1 aromatic rings. The van der Waals surface area contributed by atoms with Crippen molar-refractivity contribution in [2.75, 3.05) is 24.8 Å². The molecule has 0 radical (unpaired) electrons. The second-order valence-electron chi connectivity index (χ2n) is 6.62. The first-order valence-corrected chi connectivity index (χ1v) is 9.74. The van der Waals surface area contributed by atoms with E-state index in [1.165, 1.54) is 5.69 Å². The lowest BCUT2D eigenvalue weighted by Gasteiger charge is -2.33. The summed E-state index contributed by atoms with van der Waals surface area (Å²) >= 11 is 0. The molecule has 1 heterocycles. The van der Waals surface area contributed by atoms with Crippen molar-refractivity contribution in [2.45, 2.75) is 39.3 Å². The molecule has 0 N–H and O–H groups in total. The van der Waals surface area contributed by atoms with E-state index < -0.39 is 8.15 Å². The van der Waals surface area contributed by atoms with Crippen molar-refractivity contribution in [3.05, 3.63) is 30.3 Å². The van der Waals surface area contributed by atoms with Crippen molar-refractivity contribution in [2.24, 2.45) is 10.9 Å². The number of aliphatic imine (C=N–C) groups is 1. The van der Waals surface area contributed by atoms with Crippen LogP contribution < -0.4 is 4.90 Å². The van der Waals surface area contributed by atoms with Crippen LogP contribution >= 0.6 is 8.15 Å². The molecule has 116 valence electrons. The summed E-state index contributed by atoms with van der Waals surface area (Å²) in [5, 5.41) is 0. The Bertz CT molecular complexity index is 497. The standard InChI is InChI=1S/C17H27N2OP/c1-13(2)15-12-19(14-10-8-7-9-11-14)16(18-15)17(3,4)20-21(5)6/h7-11,13,15H,12H2,1-6H3/t15-/m1/s1. The Hall–Kier alpha value is -0.920. The van der Waals surface area contributed by atoms with Gasteiger partial charge in [0.05, 0.1) is 6.04 Å². The molecule has 0 saturated carbocycles. The summed E-state index contributed by atoms with van der Waals surface area (Å²) in [6, 6.07) is 10.8. The van der Waals surface area contributed by atoms with Crippen molar-refractivity contribution in [3.63, 3.8) is 0 Å². The van der Waals surface area contributed by atoms with Gasteiger partial charge in [-0.25, -0.2) is 0 Å². The fourth-order valence-electron chi connectivity index (χ4n) is 2.71. The van der Waals surface area contributed by atoms with E-state index in [1.54, 1.807) is 0 Å². The van der Waals surface area contributed by atoms with Gasteiger partial charge < -0.3 is 9.42 Å². The van der Waals surface area contributed by atoms with Crippen LogP contribution in [0.3, 0.4) is 0 Å². The summed E-state index contributed by atoms with van der Waals surface area (Å²) in [5.41, 5.74) is 0.849. The molecule has 0 amide bonds. The highest BCUT2D eigenvalue weighted by Crippen LogP contribution is 2.37. The Morgan fingerprint density at radius 1 is 1.24 bits per heavy atom. The molecule has 0 aliphatic carbocycles. The number of benzene rings is 1. The van der Waals surface area contributed by atoms with Crippen molar-refractivity contribution in [1.29, 1.82) is 0 Å². The summed E-state index contributed by atoms with van der Waals surface area (Å²) in [5.74, 6) is 1.60. The molecule has 4 heteroatoms. The molecule has 21 heavy (non-hydrogen) atoms.